The van der Waals surface area contributed by atoms with Crippen molar-refractivity contribution in [3.8, 4) is 11.5 Å². The molecule has 9 nitrogen and oxygen atoms in total. The maximum Gasteiger partial charge on any atom is 0.330 e. The first-order valence-electron chi connectivity index (χ1n) is 15.1. The minimum absolute atomic E-state index is 0.0131. The monoisotopic (exact) mass is 620 g/mol. The van der Waals surface area contributed by atoms with Crippen molar-refractivity contribution in [3.05, 3.63) is 159 Å². The maximum absolute atomic E-state index is 13.0. The molecule has 3 atom stereocenters. The Kier molecular flexibility index (Phi) is 8.90. The van der Waals surface area contributed by atoms with Crippen LogP contribution in [0.4, 0.5) is 0 Å². The number of aromatic nitrogens is 2. The van der Waals surface area contributed by atoms with Crippen LogP contribution >= 0.6 is 0 Å². The van der Waals surface area contributed by atoms with E-state index in [0.717, 1.165) is 22.3 Å². The van der Waals surface area contributed by atoms with E-state index < -0.39 is 35.3 Å². The van der Waals surface area contributed by atoms with Crippen LogP contribution in [0, 0.1) is 0 Å². The Morgan fingerprint density at radius 3 is 2.13 bits per heavy atom. The van der Waals surface area contributed by atoms with Gasteiger partial charge in [0.1, 0.15) is 29.4 Å². The second-order valence-corrected chi connectivity index (χ2v) is 11.3. The standard InChI is InChI=1S/C37H36N2O7/c1-24(25-9-7-8-10-25)31-22-39(36(42)38-35(31)41)34-21-32(40)33(46-34)23-45-37(26-11-5-4-6-12-26,27-13-17-29(43-2)18-14-27)28-15-19-30(44-3)20-16-28/h4-9,11-20,22,32-34,40H,1,10,21,23H2,2-3H3,(H,38,41,42)/t32-,33+,34+/m0/s1. The summed E-state index contributed by atoms with van der Waals surface area (Å²) in [7, 11) is 3.23. The van der Waals surface area contributed by atoms with Crippen molar-refractivity contribution < 1.29 is 24.1 Å². The maximum atomic E-state index is 13.0. The summed E-state index contributed by atoms with van der Waals surface area (Å²) in [5, 5.41) is 11.2. The molecule has 1 aromatic heterocycles. The fourth-order valence-electron chi connectivity index (χ4n) is 6.08. The van der Waals surface area contributed by atoms with Gasteiger partial charge in [-0.05, 0) is 58.5 Å². The molecular weight excluding hydrogens is 584 g/mol. The van der Waals surface area contributed by atoms with Gasteiger partial charge in [0.15, 0.2) is 0 Å². The Hall–Kier alpha value is -4.96. The molecule has 46 heavy (non-hydrogen) atoms. The van der Waals surface area contributed by atoms with Gasteiger partial charge >= 0.3 is 5.69 Å². The molecule has 6 rings (SSSR count). The van der Waals surface area contributed by atoms with Gasteiger partial charge in [-0.1, -0.05) is 79.4 Å². The summed E-state index contributed by atoms with van der Waals surface area (Å²) in [6.45, 7) is 4.08. The summed E-state index contributed by atoms with van der Waals surface area (Å²) in [6.07, 6.45) is 5.45. The lowest BCUT2D eigenvalue weighted by Gasteiger charge is -2.37. The Labute approximate surface area is 266 Å². The smallest absolute Gasteiger partial charge is 0.330 e. The number of H-pyrrole nitrogens is 1. The predicted octanol–water partition coefficient (Wildman–Crippen LogP) is 5.11. The lowest BCUT2D eigenvalue weighted by Crippen LogP contribution is -2.38. The highest BCUT2D eigenvalue weighted by Crippen LogP contribution is 2.42. The highest BCUT2D eigenvalue weighted by molar-refractivity contribution is 5.78. The average molecular weight is 621 g/mol. The van der Waals surface area contributed by atoms with Crippen molar-refractivity contribution in [3.63, 3.8) is 0 Å². The number of hydrogen-bond donors (Lipinski definition) is 2. The molecule has 3 aromatic carbocycles. The third-order valence-electron chi connectivity index (χ3n) is 8.60. The Bertz CT molecular complexity index is 1820. The molecule has 1 fully saturated rings. The molecule has 1 aliphatic heterocycles. The highest BCUT2D eigenvalue weighted by Gasteiger charge is 2.42. The Balaban J connectivity index is 1.34. The van der Waals surface area contributed by atoms with Crippen molar-refractivity contribution in [2.45, 2.75) is 36.9 Å². The van der Waals surface area contributed by atoms with Crippen LogP contribution in [0.5, 0.6) is 11.5 Å². The van der Waals surface area contributed by atoms with Gasteiger partial charge in [0.2, 0.25) is 0 Å². The first-order chi connectivity index (χ1) is 22.3. The second-order valence-electron chi connectivity index (χ2n) is 11.3. The number of aromatic amines is 1. The zero-order chi connectivity index (χ0) is 32.3. The number of ether oxygens (including phenoxy) is 4. The summed E-state index contributed by atoms with van der Waals surface area (Å²) in [5.41, 5.74) is 1.98. The number of aliphatic hydroxyl groups is 1. The molecule has 0 unspecified atom stereocenters. The van der Waals surface area contributed by atoms with Gasteiger partial charge in [0, 0.05) is 12.6 Å². The van der Waals surface area contributed by atoms with Crippen LogP contribution in [0.1, 0.15) is 41.3 Å². The summed E-state index contributed by atoms with van der Waals surface area (Å²) in [4.78, 5) is 28.1. The fourth-order valence-corrected chi connectivity index (χ4v) is 6.08. The van der Waals surface area contributed by atoms with Crippen molar-refractivity contribution >= 4 is 5.57 Å². The molecule has 1 saturated heterocycles. The molecule has 2 heterocycles. The van der Waals surface area contributed by atoms with Gasteiger partial charge in [-0.2, -0.15) is 0 Å². The molecule has 0 bridgehead atoms. The number of nitrogens with one attached hydrogen (secondary N) is 1. The van der Waals surface area contributed by atoms with Gasteiger partial charge < -0.3 is 24.1 Å². The van der Waals surface area contributed by atoms with E-state index in [2.05, 4.69) is 11.6 Å². The minimum atomic E-state index is -1.11. The van der Waals surface area contributed by atoms with Crippen LogP contribution in [-0.2, 0) is 15.1 Å². The number of rotatable bonds is 11. The van der Waals surface area contributed by atoms with Gasteiger partial charge in [0.25, 0.3) is 5.56 Å². The van der Waals surface area contributed by atoms with Crippen LogP contribution in [0.3, 0.4) is 0 Å². The number of methoxy groups -OCH3 is 2. The number of benzene rings is 3. The minimum Gasteiger partial charge on any atom is -0.497 e. The molecule has 0 spiro atoms. The van der Waals surface area contributed by atoms with E-state index >= 15 is 0 Å². The van der Waals surface area contributed by atoms with Crippen LogP contribution < -0.4 is 20.7 Å². The molecule has 0 radical (unpaired) electrons. The Morgan fingerprint density at radius 1 is 0.957 bits per heavy atom. The van der Waals surface area contributed by atoms with E-state index in [4.69, 9.17) is 18.9 Å². The number of hydrogen-bond acceptors (Lipinski definition) is 7. The number of allylic oxidation sites excluding steroid dienone is 5. The molecular formula is C37H36N2O7. The molecule has 236 valence electrons. The van der Waals surface area contributed by atoms with E-state index in [1.54, 1.807) is 14.2 Å². The van der Waals surface area contributed by atoms with Crippen molar-refractivity contribution in [1.29, 1.82) is 0 Å². The van der Waals surface area contributed by atoms with Gasteiger partial charge in [-0.3, -0.25) is 14.3 Å². The van der Waals surface area contributed by atoms with Gasteiger partial charge in [-0.25, -0.2) is 4.79 Å². The molecule has 0 saturated carbocycles. The Morgan fingerprint density at radius 2 is 1.57 bits per heavy atom. The van der Waals surface area contributed by atoms with E-state index in [1.165, 1.54) is 10.8 Å². The van der Waals surface area contributed by atoms with Crippen LogP contribution in [0.25, 0.3) is 5.57 Å². The number of aliphatic hydroxyl groups excluding tert-OH is 1. The first-order valence-corrected chi connectivity index (χ1v) is 15.1. The topological polar surface area (TPSA) is 112 Å². The molecule has 9 heteroatoms. The number of nitrogens with zero attached hydrogens (tertiary/aromatic N) is 1. The normalized spacial score (nSPS) is 19.2. The van der Waals surface area contributed by atoms with Crippen molar-refractivity contribution in [2.24, 2.45) is 0 Å². The van der Waals surface area contributed by atoms with E-state index in [0.29, 0.717) is 23.5 Å². The zero-order valence-electron chi connectivity index (χ0n) is 25.7. The predicted molar refractivity (Wildman–Crippen MR) is 175 cm³/mol. The summed E-state index contributed by atoms with van der Waals surface area (Å²) < 4.78 is 25.4. The lowest BCUT2D eigenvalue weighted by atomic mass is 9.80. The second kappa shape index (κ2) is 13.2. The molecule has 4 aromatic rings. The zero-order valence-corrected chi connectivity index (χ0v) is 25.7. The van der Waals surface area contributed by atoms with Gasteiger partial charge in [-0.15, -0.1) is 0 Å². The molecule has 1 aliphatic carbocycles. The first kappa shape index (κ1) is 31.0. The average Bonchev–Trinajstić information content (AvgIpc) is 3.76. The summed E-state index contributed by atoms with van der Waals surface area (Å²) in [6, 6.07) is 25.1. The fraction of sp³-hybridized carbons (Fsp3) is 0.243. The van der Waals surface area contributed by atoms with Crippen LogP contribution in [-0.4, -0.2) is 47.7 Å². The molecule has 0 amide bonds. The van der Waals surface area contributed by atoms with E-state index in [1.807, 2.05) is 97.1 Å². The third-order valence-corrected chi connectivity index (χ3v) is 8.60. The van der Waals surface area contributed by atoms with E-state index in [-0.39, 0.29) is 18.6 Å². The van der Waals surface area contributed by atoms with Crippen molar-refractivity contribution in [1.82, 2.24) is 9.55 Å². The molecule has 2 N–H and O–H groups in total. The quantitative estimate of drug-likeness (QED) is 0.224. The SMILES string of the molecule is C=C(C1=CC=CC1)c1cn([C@H]2C[C@H](O)[C@@H](COC(c3ccccc3)(c3ccc(OC)cc3)c3ccc(OC)cc3)O2)c(=O)[nH]c1=O. The third kappa shape index (κ3) is 5.88. The van der Waals surface area contributed by atoms with Crippen LogP contribution in [0.2, 0.25) is 0 Å². The largest absolute Gasteiger partial charge is 0.497 e. The van der Waals surface area contributed by atoms with Crippen molar-refractivity contribution in [2.75, 3.05) is 20.8 Å². The summed E-state index contributed by atoms with van der Waals surface area (Å²) in [5.74, 6) is 1.40. The van der Waals surface area contributed by atoms with Crippen LogP contribution in [0.15, 0.2) is 125 Å². The molecule has 2 aliphatic rings. The summed E-state index contributed by atoms with van der Waals surface area (Å²) >= 11 is 0. The van der Waals surface area contributed by atoms with E-state index in [9.17, 15) is 14.7 Å². The van der Waals surface area contributed by atoms with Gasteiger partial charge in [0.05, 0.1) is 32.5 Å². The lowest BCUT2D eigenvalue weighted by molar-refractivity contribution is -0.0944. The highest BCUT2D eigenvalue weighted by atomic mass is 16.6.